The molecule has 0 unspecified atom stereocenters. The van der Waals surface area contributed by atoms with Crippen molar-refractivity contribution in [1.29, 1.82) is 5.41 Å². The lowest BCUT2D eigenvalue weighted by atomic mass is 10.1. The number of hydrogen-bond acceptors (Lipinski definition) is 4. The molecule has 0 aliphatic heterocycles. The van der Waals surface area contributed by atoms with Crippen molar-refractivity contribution in [3.05, 3.63) is 52.3 Å². The Hall–Kier alpha value is -2.63. The first kappa shape index (κ1) is 18.7. The highest BCUT2D eigenvalue weighted by Crippen LogP contribution is 2.25. The fraction of sp³-hybridized carbons (Fsp3) is 0.421. The van der Waals surface area contributed by atoms with E-state index in [0.717, 1.165) is 44.3 Å². The molecule has 6 nitrogen and oxygen atoms in total. The second kappa shape index (κ2) is 9.01. The van der Waals surface area contributed by atoms with Crippen LogP contribution in [-0.2, 0) is 0 Å². The van der Waals surface area contributed by atoms with Crippen LogP contribution < -0.4 is 0 Å². The van der Waals surface area contributed by atoms with Crippen molar-refractivity contribution in [2.24, 2.45) is 0 Å². The van der Waals surface area contributed by atoms with E-state index in [1.165, 1.54) is 12.1 Å². The molecule has 0 bridgehead atoms. The van der Waals surface area contributed by atoms with E-state index in [1.807, 2.05) is 6.07 Å². The van der Waals surface area contributed by atoms with Gasteiger partial charge in [0.15, 0.2) is 11.6 Å². The van der Waals surface area contributed by atoms with Crippen LogP contribution in [0.3, 0.4) is 0 Å². The average molecular weight is 343 g/mol. The first-order chi connectivity index (χ1) is 12.1. The molecule has 1 aromatic carbocycles. The zero-order valence-electron chi connectivity index (χ0n) is 14.8. The highest BCUT2D eigenvalue weighted by atomic mass is 16.6. The van der Waals surface area contributed by atoms with Gasteiger partial charge in [-0.25, -0.2) is 0 Å². The molecule has 2 rings (SSSR count). The second-order valence-electron chi connectivity index (χ2n) is 6.01. The standard InChI is InChI=1S/C19H25N3O3/c1-3-5-13-21(14-6-4-2)19(20)18-12-11-17(25-18)15-7-9-16(10-8-15)22(23)24/h7-12,20H,3-6,13-14H2,1-2H3. The molecule has 1 N–H and O–H groups in total. The number of non-ortho nitro benzene ring substituents is 1. The van der Waals surface area contributed by atoms with Gasteiger partial charge in [0.2, 0.25) is 0 Å². The molecule has 134 valence electrons. The van der Waals surface area contributed by atoms with Crippen molar-refractivity contribution >= 4 is 11.5 Å². The van der Waals surface area contributed by atoms with E-state index in [4.69, 9.17) is 9.83 Å². The molecule has 1 aromatic heterocycles. The van der Waals surface area contributed by atoms with Gasteiger partial charge >= 0.3 is 0 Å². The van der Waals surface area contributed by atoms with E-state index in [-0.39, 0.29) is 5.69 Å². The maximum atomic E-state index is 10.7. The molecular weight excluding hydrogens is 318 g/mol. The summed E-state index contributed by atoms with van der Waals surface area (Å²) in [5.74, 6) is 1.54. The highest BCUT2D eigenvalue weighted by molar-refractivity contribution is 5.94. The molecule has 0 aliphatic rings. The third-order valence-electron chi connectivity index (χ3n) is 4.08. The molecule has 25 heavy (non-hydrogen) atoms. The number of benzene rings is 1. The van der Waals surface area contributed by atoms with Gasteiger partial charge < -0.3 is 9.32 Å². The summed E-state index contributed by atoms with van der Waals surface area (Å²) in [6.07, 6.45) is 4.26. The number of nitro groups is 1. The van der Waals surface area contributed by atoms with Gasteiger partial charge in [0.05, 0.1) is 4.92 Å². The smallest absolute Gasteiger partial charge is 0.269 e. The van der Waals surface area contributed by atoms with Crippen molar-refractivity contribution in [3.63, 3.8) is 0 Å². The Balaban J connectivity index is 2.14. The van der Waals surface area contributed by atoms with Gasteiger partial charge in [-0.05, 0) is 37.1 Å². The van der Waals surface area contributed by atoms with E-state index in [9.17, 15) is 10.1 Å². The lowest BCUT2D eigenvalue weighted by Gasteiger charge is -2.23. The van der Waals surface area contributed by atoms with Gasteiger partial charge in [0, 0.05) is 30.8 Å². The fourth-order valence-electron chi connectivity index (χ4n) is 2.56. The quantitative estimate of drug-likeness (QED) is 0.298. The summed E-state index contributed by atoms with van der Waals surface area (Å²) in [6.45, 7) is 5.98. The first-order valence-electron chi connectivity index (χ1n) is 8.75. The number of rotatable bonds is 9. The van der Waals surface area contributed by atoms with Crippen molar-refractivity contribution in [2.75, 3.05) is 13.1 Å². The van der Waals surface area contributed by atoms with Crippen LogP contribution in [0.1, 0.15) is 45.3 Å². The number of unbranched alkanes of at least 4 members (excludes halogenated alkanes) is 2. The van der Waals surface area contributed by atoms with Crippen LogP contribution in [0.15, 0.2) is 40.8 Å². The van der Waals surface area contributed by atoms with Gasteiger partial charge in [-0.3, -0.25) is 15.5 Å². The summed E-state index contributed by atoms with van der Waals surface area (Å²) >= 11 is 0. The topological polar surface area (TPSA) is 83.4 Å². The van der Waals surface area contributed by atoms with Crippen LogP contribution >= 0.6 is 0 Å². The molecule has 0 spiro atoms. The predicted molar refractivity (Wildman–Crippen MR) is 99.0 cm³/mol. The lowest BCUT2D eigenvalue weighted by molar-refractivity contribution is -0.384. The fourth-order valence-corrected chi connectivity index (χ4v) is 2.56. The third kappa shape index (κ3) is 4.92. The summed E-state index contributed by atoms with van der Waals surface area (Å²) in [7, 11) is 0. The summed E-state index contributed by atoms with van der Waals surface area (Å²) in [6, 6.07) is 9.84. The van der Waals surface area contributed by atoms with E-state index in [1.54, 1.807) is 18.2 Å². The number of nitrogens with zero attached hydrogens (tertiary/aromatic N) is 2. The summed E-state index contributed by atoms with van der Waals surface area (Å²) in [5.41, 5.74) is 0.812. The Labute approximate surface area is 148 Å². The number of hydrogen-bond donors (Lipinski definition) is 1. The summed E-state index contributed by atoms with van der Waals surface area (Å²) < 4.78 is 5.84. The minimum atomic E-state index is -0.424. The Kier molecular flexibility index (Phi) is 6.74. The Morgan fingerprint density at radius 1 is 1.08 bits per heavy atom. The minimum Gasteiger partial charge on any atom is -0.453 e. The Morgan fingerprint density at radius 3 is 2.20 bits per heavy atom. The maximum Gasteiger partial charge on any atom is 0.269 e. The molecular formula is C19H25N3O3. The van der Waals surface area contributed by atoms with Gasteiger partial charge in [-0.2, -0.15) is 0 Å². The molecule has 0 fully saturated rings. The zero-order chi connectivity index (χ0) is 18.2. The second-order valence-corrected chi connectivity index (χ2v) is 6.01. The lowest BCUT2D eigenvalue weighted by Crippen LogP contribution is -2.32. The van der Waals surface area contributed by atoms with Crippen LogP contribution in [0.2, 0.25) is 0 Å². The number of amidine groups is 1. The summed E-state index contributed by atoms with van der Waals surface area (Å²) in [4.78, 5) is 12.4. The van der Waals surface area contributed by atoms with E-state index in [0.29, 0.717) is 17.4 Å². The molecule has 0 atom stereocenters. The number of nitrogens with one attached hydrogen (secondary N) is 1. The van der Waals surface area contributed by atoms with Crippen molar-refractivity contribution in [1.82, 2.24) is 4.90 Å². The third-order valence-corrected chi connectivity index (χ3v) is 4.08. The minimum absolute atomic E-state index is 0.0496. The highest BCUT2D eigenvalue weighted by Gasteiger charge is 2.16. The Morgan fingerprint density at radius 2 is 1.68 bits per heavy atom. The van der Waals surface area contributed by atoms with Gasteiger partial charge in [-0.1, -0.05) is 26.7 Å². The zero-order valence-corrected chi connectivity index (χ0v) is 14.8. The van der Waals surface area contributed by atoms with Crippen LogP contribution in [0.4, 0.5) is 5.69 Å². The molecule has 1 heterocycles. The predicted octanol–water partition coefficient (Wildman–Crippen LogP) is 5.08. The molecule has 6 heteroatoms. The maximum absolute atomic E-state index is 10.7. The van der Waals surface area contributed by atoms with Gasteiger partial charge in [0.1, 0.15) is 5.76 Å². The van der Waals surface area contributed by atoms with Gasteiger partial charge in [0.25, 0.3) is 5.69 Å². The van der Waals surface area contributed by atoms with Crippen LogP contribution in [-0.4, -0.2) is 28.7 Å². The van der Waals surface area contributed by atoms with Crippen LogP contribution in [0.5, 0.6) is 0 Å². The molecule has 2 aromatic rings. The van der Waals surface area contributed by atoms with Crippen molar-refractivity contribution in [3.8, 4) is 11.3 Å². The first-order valence-corrected chi connectivity index (χ1v) is 8.75. The molecule has 0 radical (unpaired) electrons. The molecule has 0 amide bonds. The van der Waals surface area contributed by atoms with Crippen molar-refractivity contribution in [2.45, 2.75) is 39.5 Å². The summed E-state index contributed by atoms with van der Waals surface area (Å²) in [5, 5.41) is 19.2. The SMILES string of the molecule is CCCCN(CCCC)C(=N)c1ccc(-c2ccc([N+](=O)[O-])cc2)o1. The van der Waals surface area contributed by atoms with Crippen LogP contribution in [0.25, 0.3) is 11.3 Å². The largest absolute Gasteiger partial charge is 0.453 e. The van der Waals surface area contributed by atoms with Gasteiger partial charge in [-0.15, -0.1) is 0 Å². The van der Waals surface area contributed by atoms with Crippen LogP contribution in [0, 0.1) is 15.5 Å². The normalized spacial score (nSPS) is 10.6. The number of furan rings is 1. The molecule has 0 aliphatic carbocycles. The Bertz CT molecular complexity index is 699. The molecule has 0 saturated carbocycles. The van der Waals surface area contributed by atoms with E-state index < -0.39 is 4.92 Å². The van der Waals surface area contributed by atoms with E-state index in [2.05, 4.69) is 18.7 Å². The molecule has 0 saturated heterocycles. The average Bonchev–Trinajstić information content (AvgIpc) is 3.11. The monoisotopic (exact) mass is 343 g/mol. The number of nitro benzene ring substituents is 1. The van der Waals surface area contributed by atoms with Crippen molar-refractivity contribution < 1.29 is 9.34 Å². The van der Waals surface area contributed by atoms with E-state index >= 15 is 0 Å².